The highest BCUT2D eigenvalue weighted by molar-refractivity contribution is 5.94. The number of hydrogen-bond donors (Lipinski definition) is 0. The molecule has 0 bridgehead atoms. The topological polar surface area (TPSA) is 77.1 Å². The Balaban J connectivity index is 1.43. The molecule has 28 heavy (non-hydrogen) atoms. The zero-order valence-electron chi connectivity index (χ0n) is 16.2. The zero-order valence-corrected chi connectivity index (χ0v) is 16.2. The third-order valence-corrected chi connectivity index (χ3v) is 5.73. The molecular formula is C21H23N5O2. The number of benzene rings is 1. The molecule has 0 N–H and O–H groups in total. The fourth-order valence-corrected chi connectivity index (χ4v) is 3.84. The Hall–Kier alpha value is -2.96. The van der Waals surface area contributed by atoms with Gasteiger partial charge >= 0.3 is 0 Å². The summed E-state index contributed by atoms with van der Waals surface area (Å²) in [6, 6.07) is 7.88. The van der Waals surface area contributed by atoms with Gasteiger partial charge in [-0.2, -0.15) is 10.1 Å². The lowest BCUT2D eigenvalue weighted by Gasteiger charge is -2.27. The van der Waals surface area contributed by atoms with Crippen LogP contribution in [0.15, 0.2) is 28.8 Å². The molecule has 1 amide bonds. The van der Waals surface area contributed by atoms with Gasteiger partial charge in [0.05, 0.1) is 6.54 Å². The van der Waals surface area contributed by atoms with Gasteiger partial charge in [0.1, 0.15) is 0 Å². The van der Waals surface area contributed by atoms with Crippen LogP contribution in [0.5, 0.6) is 0 Å². The minimum atomic E-state index is 0.0484. The number of amides is 1. The summed E-state index contributed by atoms with van der Waals surface area (Å²) < 4.78 is 7.38. The third-order valence-electron chi connectivity index (χ3n) is 5.73. The van der Waals surface area contributed by atoms with Crippen LogP contribution in [0.4, 0.5) is 0 Å². The largest absolute Gasteiger partial charge is 0.334 e. The predicted octanol–water partition coefficient (Wildman–Crippen LogP) is 3.11. The van der Waals surface area contributed by atoms with E-state index in [0.29, 0.717) is 30.6 Å². The average Bonchev–Trinajstić information content (AvgIpc) is 3.38. The van der Waals surface area contributed by atoms with Gasteiger partial charge < -0.3 is 9.42 Å². The van der Waals surface area contributed by atoms with Crippen LogP contribution < -0.4 is 0 Å². The number of carbonyl (C=O) groups excluding carboxylic acids is 1. The molecule has 2 aliphatic rings. The van der Waals surface area contributed by atoms with E-state index in [2.05, 4.69) is 22.2 Å². The lowest BCUT2D eigenvalue weighted by Crippen LogP contribution is -2.36. The Morgan fingerprint density at radius 1 is 1.25 bits per heavy atom. The van der Waals surface area contributed by atoms with Crippen molar-refractivity contribution in [2.45, 2.75) is 45.1 Å². The number of fused-ring (bicyclic) bond motifs is 1. The Morgan fingerprint density at radius 3 is 2.75 bits per heavy atom. The van der Waals surface area contributed by atoms with Crippen LogP contribution in [0.3, 0.4) is 0 Å². The molecule has 0 spiro atoms. The smallest absolute Gasteiger partial charge is 0.278 e. The summed E-state index contributed by atoms with van der Waals surface area (Å²) >= 11 is 0. The van der Waals surface area contributed by atoms with Crippen molar-refractivity contribution in [2.75, 3.05) is 6.54 Å². The fraction of sp³-hybridized carbons (Fsp3) is 0.429. The van der Waals surface area contributed by atoms with E-state index < -0.39 is 0 Å². The number of nitrogens with zero attached hydrogens (tertiary/aromatic N) is 5. The van der Waals surface area contributed by atoms with Crippen molar-refractivity contribution < 1.29 is 9.32 Å². The van der Waals surface area contributed by atoms with Gasteiger partial charge in [0.15, 0.2) is 11.5 Å². The van der Waals surface area contributed by atoms with E-state index in [1.165, 1.54) is 5.56 Å². The van der Waals surface area contributed by atoms with Gasteiger partial charge in [0.25, 0.3) is 11.8 Å². The summed E-state index contributed by atoms with van der Waals surface area (Å²) in [5.41, 5.74) is 4.80. The van der Waals surface area contributed by atoms with Crippen molar-refractivity contribution >= 4 is 5.91 Å². The van der Waals surface area contributed by atoms with Crippen LogP contribution in [0.2, 0.25) is 0 Å². The van der Waals surface area contributed by atoms with E-state index >= 15 is 0 Å². The van der Waals surface area contributed by atoms with Gasteiger partial charge in [-0.15, -0.1) is 0 Å². The molecule has 0 saturated heterocycles. The summed E-state index contributed by atoms with van der Waals surface area (Å²) in [4.78, 5) is 19.4. The third kappa shape index (κ3) is 2.91. The molecule has 0 radical (unpaired) electrons. The second kappa shape index (κ2) is 6.58. The van der Waals surface area contributed by atoms with E-state index in [0.717, 1.165) is 48.3 Å². The van der Waals surface area contributed by atoms with Crippen molar-refractivity contribution in [1.29, 1.82) is 0 Å². The SMILES string of the molecule is CCc1ccc(C(=O)N2CCc3c(c(-c4nc(C5CC5)no4)nn3C)C2)cc1. The van der Waals surface area contributed by atoms with Gasteiger partial charge in [-0.3, -0.25) is 9.48 Å². The van der Waals surface area contributed by atoms with Crippen molar-refractivity contribution in [2.24, 2.45) is 7.05 Å². The molecule has 2 aromatic heterocycles. The van der Waals surface area contributed by atoms with E-state index in [4.69, 9.17) is 4.52 Å². The second-order valence-electron chi connectivity index (χ2n) is 7.66. The number of aryl methyl sites for hydroxylation is 2. The number of hydrogen-bond acceptors (Lipinski definition) is 5. The van der Waals surface area contributed by atoms with E-state index in [9.17, 15) is 4.79 Å². The molecule has 1 saturated carbocycles. The highest BCUT2D eigenvalue weighted by atomic mass is 16.5. The number of carbonyl (C=O) groups is 1. The minimum absolute atomic E-state index is 0.0484. The fourth-order valence-electron chi connectivity index (χ4n) is 3.84. The summed E-state index contributed by atoms with van der Waals surface area (Å²) in [5.74, 6) is 1.71. The van der Waals surface area contributed by atoms with Crippen molar-refractivity contribution in [3.63, 3.8) is 0 Å². The zero-order chi connectivity index (χ0) is 19.3. The van der Waals surface area contributed by atoms with E-state index in [1.54, 1.807) is 0 Å². The van der Waals surface area contributed by atoms with Crippen LogP contribution in [-0.2, 0) is 26.4 Å². The highest BCUT2D eigenvalue weighted by Crippen LogP contribution is 2.39. The van der Waals surface area contributed by atoms with Gasteiger partial charge in [-0.1, -0.05) is 24.2 Å². The van der Waals surface area contributed by atoms with Crippen LogP contribution >= 0.6 is 0 Å². The molecule has 144 valence electrons. The normalized spacial score (nSPS) is 16.3. The number of aromatic nitrogens is 4. The molecule has 7 heteroatoms. The Kier molecular flexibility index (Phi) is 4.03. The molecule has 1 fully saturated rings. The summed E-state index contributed by atoms with van der Waals surface area (Å²) in [7, 11) is 1.93. The monoisotopic (exact) mass is 377 g/mol. The molecule has 1 aromatic carbocycles. The molecule has 1 aliphatic carbocycles. The molecule has 3 aromatic rings. The molecule has 0 unspecified atom stereocenters. The van der Waals surface area contributed by atoms with Crippen LogP contribution in [-0.4, -0.2) is 37.3 Å². The maximum atomic E-state index is 13.0. The van der Waals surface area contributed by atoms with Crippen LogP contribution in [0, 0.1) is 0 Å². The van der Waals surface area contributed by atoms with Gasteiger partial charge in [0, 0.05) is 42.8 Å². The maximum Gasteiger partial charge on any atom is 0.278 e. The predicted molar refractivity (Wildman–Crippen MR) is 103 cm³/mol. The average molecular weight is 377 g/mol. The molecule has 5 rings (SSSR count). The first kappa shape index (κ1) is 17.2. The highest BCUT2D eigenvalue weighted by Gasteiger charge is 2.32. The lowest BCUT2D eigenvalue weighted by atomic mass is 10.0. The van der Waals surface area contributed by atoms with Gasteiger partial charge in [0.2, 0.25) is 0 Å². The van der Waals surface area contributed by atoms with Gasteiger partial charge in [-0.05, 0) is 37.0 Å². The van der Waals surface area contributed by atoms with Crippen LogP contribution in [0.1, 0.15) is 58.7 Å². The molecule has 1 aliphatic heterocycles. The van der Waals surface area contributed by atoms with Gasteiger partial charge in [-0.25, -0.2) is 0 Å². The summed E-state index contributed by atoms with van der Waals surface area (Å²) in [5, 5.41) is 8.74. The maximum absolute atomic E-state index is 13.0. The van der Waals surface area contributed by atoms with E-state index in [1.807, 2.05) is 40.9 Å². The van der Waals surface area contributed by atoms with Crippen molar-refractivity contribution in [1.82, 2.24) is 24.8 Å². The lowest BCUT2D eigenvalue weighted by molar-refractivity contribution is 0.0733. The second-order valence-corrected chi connectivity index (χ2v) is 7.66. The Labute approximate surface area is 163 Å². The Bertz CT molecular complexity index is 1030. The van der Waals surface area contributed by atoms with Crippen molar-refractivity contribution in [3.8, 4) is 11.6 Å². The quantitative estimate of drug-likeness (QED) is 0.698. The van der Waals surface area contributed by atoms with Crippen molar-refractivity contribution in [3.05, 3.63) is 52.5 Å². The van der Waals surface area contributed by atoms with E-state index in [-0.39, 0.29) is 5.91 Å². The Morgan fingerprint density at radius 2 is 2.04 bits per heavy atom. The molecular weight excluding hydrogens is 354 g/mol. The molecule has 7 nitrogen and oxygen atoms in total. The first-order valence-electron chi connectivity index (χ1n) is 9.91. The summed E-state index contributed by atoms with van der Waals surface area (Å²) in [6.45, 7) is 3.30. The number of rotatable bonds is 4. The first-order valence-corrected chi connectivity index (χ1v) is 9.91. The molecule has 0 atom stereocenters. The van der Waals surface area contributed by atoms with Crippen LogP contribution in [0.25, 0.3) is 11.6 Å². The minimum Gasteiger partial charge on any atom is -0.334 e. The summed E-state index contributed by atoms with van der Waals surface area (Å²) in [6.07, 6.45) is 3.98. The first-order chi connectivity index (χ1) is 13.6. The molecule has 3 heterocycles. The standard InChI is InChI=1S/C21H23N5O2/c1-3-13-4-6-15(7-5-13)21(27)26-11-10-17-16(12-26)18(23-25(17)2)20-22-19(24-28-20)14-8-9-14/h4-7,14H,3,8-12H2,1-2H3.